The summed E-state index contributed by atoms with van der Waals surface area (Å²) in [5, 5.41) is 1.16. The molecule has 0 fully saturated rings. The molecular formula is C22H19NO2S. The summed E-state index contributed by atoms with van der Waals surface area (Å²) in [5.41, 5.74) is 2.46. The molecule has 0 atom stereocenters. The van der Waals surface area contributed by atoms with E-state index in [2.05, 4.69) is 56.1 Å². The Balaban J connectivity index is 1.64. The van der Waals surface area contributed by atoms with Crippen LogP contribution in [-0.4, -0.2) is 11.9 Å². The zero-order chi connectivity index (χ0) is 18.3. The zero-order valence-electron chi connectivity index (χ0n) is 14.9. The topological polar surface area (TPSA) is 38.7 Å². The van der Waals surface area contributed by atoms with E-state index in [1.165, 1.54) is 10.3 Å². The quantitative estimate of drug-likeness (QED) is 0.444. The maximum absolute atomic E-state index is 12.2. The van der Waals surface area contributed by atoms with Crippen LogP contribution in [-0.2, 0) is 14.9 Å². The fourth-order valence-corrected chi connectivity index (χ4v) is 3.86. The van der Waals surface area contributed by atoms with Gasteiger partial charge in [0.2, 0.25) is 5.90 Å². The highest BCUT2D eigenvalue weighted by Gasteiger charge is 2.25. The second kappa shape index (κ2) is 6.22. The molecule has 1 aliphatic rings. The van der Waals surface area contributed by atoms with E-state index in [-0.39, 0.29) is 5.41 Å². The molecule has 0 amide bonds. The summed E-state index contributed by atoms with van der Waals surface area (Å²) in [4.78, 5) is 17.6. The summed E-state index contributed by atoms with van der Waals surface area (Å²) < 4.78 is 6.57. The highest BCUT2D eigenvalue weighted by molar-refractivity contribution is 7.19. The van der Waals surface area contributed by atoms with E-state index in [0.717, 1.165) is 15.8 Å². The number of cyclic esters (lactones) is 1. The van der Waals surface area contributed by atoms with Crippen molar-refractivity contribution in [2.45, 2.75) is 26.2 Å². The molecule has 0 bridgehead atoms. The largest absolute Gasteiger partial charge is 0.402 e. The van der Waals surface area contributed by atoms with Gasteiger partial charge < -0.3 is 4.74 Å². The van der Waals surface area contributed by atoms with Crippen molar-refractivity contribution in [1.29, 1.82) is 0 Å². The molecule has 1 aliphatic heterocycles. The van der Waals surface area contributed by atoms with Gasteiger partial charge in [0.1, 0.15) is 0 Å². The number of thiophene rings is 1. The molecule has 0 saturated carbocycles. The average molecular weight is 361 g/mol. The van der Waals surface area contributed by atoms with Crippen molar-refractivity contribution < 1.29 is 9.53 Å². The van der Waals surface area contributed by atoms with Crippen molar-refractivity contribution in [3.05, 3.63) is 76.3 Å². The van der Waals surface area contributed by atoms with Gasteiger partial charge in [-0.15, -0.1) is 11.3 Å². The van der Waals surface area contributed by atoms with Crippen LogP contribution in [0, 0.1) is 0 Å². The molecule has 0 radical (unpaired) electrons. The Kier molecular flexibility index (Phi) is 4.00. The van der Waals surface area contributed by atoms with Crippen molar-refractivity contribution in [2.24, 2.45) is 4.99 Å². The van der Waals surface area contributed by atoms with Crippen LogP contribution in [0.15, 0.2) is 65.3 Å². The first-order valence-corrected chi connectivity index (χ1v) is 9.34. The lowest BCUT2D eigenvalue weighted by molar-refractivity contribution is -0.129. The molecule has 2 aromatic carbocycles. The number of ether oxygens (including phenoxy) is 1. The van der Waals surface area contributed by atoms with Crippen LogP contribution < -0.4 is 0 Å². The van der Waals surface area contributed by atoms with E-state index in [4.69, 9.17) is 4.74 Å². The molecule has 3 aromatic rings. The molecule has 0 spiro atoms. The van der Waals surface area contributed by atoms with Gasteiger partial charge in [0.25, 0.3) is 0 Å². The molecule has 0 saturated heterocycles. The molecular weight excluding hydrogens is 342 g/mol. The van der Waals surface area contributed by atoms with Crippen molar-refractivity contribution in [3.63, 3.8) is 0 Å². The predicted molar refractivity (Wildman–Crippen MR) is 108 cm³/mol. The third kappa shape index (κ3) is 3.20. The number of carbonyl (C=O) groups is 1. The minimum Gasteiger partial charge on any atom is -0.402 e. The Bertz CT molecular complexity index is 1020. The number of rotatable bonds is 2. The first kappa shape index (κ1) is 16.7. The Labute approximate surface area is 156 Å². The van der Waals surface area contributed by atoms with Gasteiger partial charge in [0, 0.05) is 15.1 Å². The van der Waals surface area contributed by atoms with Gasteiger partial charge in [-0.05, 0) is 46.7 Å². The van der Waals surface area contributed by atoms with E-state index in [1.54, 1.807) is 17.4 Å². The SMILES string of the molecule is CC(C)(C)c1ccc(C2=N/C(=C/c3cc4ccccc4s3)C(=O)O2)cc1. The van der Waals surface area contributed by atoms with Crippen LogP contribution in [0.5, 0.6) is 0 Å². The molecule has 2 heterocycles. The molecule has 1 aromatic heterocycles. The van der Waals surface area contributed by atoms with E-state index >= 15 is 0 Å². The van der Waals surface area contributed by atoms with E-state index < -0.39 is 5.97 Å². The second-order valence-corrected chi connectivity index (χ2v) is 8.47. The van der Waals surface area contributed by atoms with Gasteiger partial charge in [-0.2, -0.15) is 0 Å². The van der Waals surface area contributed by atoms with Crippen molar-refractivity contribution in [3.8, 4) is 0 Å². The minimum atomic E-state index is -0.405. The average Bonchev–Trinajstić information content (AvgIpc) is 3.18. The first-order chi connectivity index (χ1) is 12.4. The van der Waals surface area contributed by atoms with Gasteiger partial charge in [-0.1, -0.05) is 51.1 Å². The van der Waals surface area contributed by atoms with E-state index in [0.29, 0.717) is 11.6 Å². The first-order valence-electron chi connectivity index (χ1n) is 8.52. The number of nitrogens with zero attached hydrogens (tertiary/aromatic N) is 1. The molecule has 26 heavy (non-hydrogen) atoms. The molecule has 3 nitrogen and oxygen atoms in total. The summed E-state index contributed by atoms with van der Waals surface area (Å²) in [5.74, 6) is -0.0415. The Morgan fingerprint density at radius 3 is 2.46 bits per heavy atom. The monoisotopic (exact) mass is 361 g/mol. The number of fused-ring (bicyclic) bond motifs is 1. The maximum atomic E-state index is 12.2. The fourth-order valence-electron chi connectivity index (χ4n) is 2.85. The fraction of sp³-hybridized carbons (Fsp3) is 0.182. The molecule has 0 N–H and O–H groups in total. The second-order valence-electron chi connectivity index (χ2n) is 7.35. The van der Waals surface area contributed by atoms with Crippen molar-refractivity contribution >= 4 is 39.4 Å². The lowest BCUT2D eigenvalue weighted by atomic mass is 9.87. The third-order valence-electron chi connectivity index (χ3n) is 4.34. The Morgan fingerprint density at radius 1 is 1.04 bits per heavy atom. The summed E-state index contributed by atoms with van der Waals surface area (Å²) in [6, 6.07) is 18.2. The van der Waals surface area contributed by atoms with Crippen LogP contribution in [0.2, 0.25) is 0 Å². The van der Waals surface area contributed by atoms with Crippen molar-refractivity contribution in [1.82, 2.24) is 0 Å². The Hall–Kier alpha value is -2.72. The smallest absolute Gasteiger partial charge is 0.363 e. The lowest BCUT2D eigenvalue weighted by Gasteiger charge is -2.18. The summed E-state index contributed by atoms with van der Waals surface area (Å²) in [6.45, 7) is 6.50. The standard InChI is InChI=1S/C22H19NO2S/c1-22(2,3)16-10-8-14(9-11-16)20-23-18(21(24)25-20)13-17-12-15-6-4-5-7-19(15)26-17/h4-13H,1-3H3/b18-13+. The predicted octanol–water partition coefficient (Wildman–Crippen LogP) is 5.54. The number of benzene rings is 2. The minimum absolute atomic E-state index is 0.0823. The lowest BCUT2D eigenvalue weighted by Crippen LogP contribution is -2.11. The van der Waals surface area contributed by atoms with Gasteiger partial charge in [-0.3, -0.25) is 0 Å². The van der Waals surface area contributed by atoms with Crippen LogP contribution in [0.1, 0.15) is 36.8 Å². The summed E-state index contributed by atoms with van der Waals surface area (Å²) in [6.07, 6.45) is 1.80. The number of aliphatic imine (C=N–C) groups is 1. The van der Waals surface area contributed by atoms with Crippen LogP contribution >= 0.6 is 11.3 Å². The molecule has 4 heteroatoms. The highest BCUT2D eigenvalue weighted by atomic mass is 32.1. The number of hydrogen-bond donors (Lipinski definition) is 0. The van der Waals surface area contributed by atoms with E-state index in [9.17, 15) is 4.79 Å². The van der Waals surface area contributed by atoms with Crippen molar-refractivity contribution in [2.75, 3.05) is 0 Å². The third-order valence-corrected chi connectivity index (χ3v) is 5.41. The van der Waals surface area contributed by atoms with Crippen LogP contribution in [0.3, 0.4) is 0 Å². The number of hydrogen-bond acceptors (Lipinski definition) is 4. The zero-order valence-corrected chi connectivity index (χ0v) is 15.8. The van der Waals surface area contributed by atoms with Crippen LogP contribution in [0.25, 0.3) is 16.2 Å². The number of esters is 1. The maximum Gasteiger partial charge on any atom is 0.363 e. The van der Waals surface area contributed by atoms with Crippen LogP contribution in [0.4, 0.5) is 0 Å². The number of carbonyl (C=O) groups excluding carboxylic acids is 1. The molecule has 130 valence electrons. The molecule has 4 rings (SSSR count). The molecule has 0 aliphatic carbocycles. The van der Waals surface area contributed by atoms with Gasteiger partial charge in [0.05, 0.1) is 0 Å². The van der Waals surface area contributed by atoms with Gasteiger partial charge >= 0.3 is 5.97 Å². The summed E-state index contributed by atoms with van der Waals surface area (Å²) in [7, 11) is 0. The van der Waals surface area contributed by atoms with Gasteiger partial charge in [-0.25, -0.2) is 9.79 Å². The van der Waals surface area contributed by atoms with E-state index in [1.807, 2.05) is 24.3 Å². The summed E-state index contributed by atoms with van der Waals surface area (Å²) >= 11 is 1.63. The Morgan fingerprint density at radius 2 is 1.77 bits per heavy atom. The normalized spacial score (nSPS) is 16.2. The molecule has 0 unspecified atom stereocenters. The van der Waals surface area contributed by atoms with Gasteiger partial charge in [0.15, 0.2) is 5.70 Å². The highest BCUT2D eigenvalue weighted by Crippen LogP contribution is 2.29.